The first-order valence-corrected chi connectivity index (χ1v) is 9.39. The zero-order chi connectivity index (χ0) is 17.0. The SMILES string of the molecule is CCSc1ccccc1C(=O)NCC1(O)CCc2ccccc2C1. The van der Waals surface area contributed by atoms with E-state index in [4.69, 9.17) is 0 Å². The molecule has 1 amide bonds. The predicted octanol–water partition coefficient (Wildman–Crippen LogP) is 3.45. The van der Waals surface area contributed by atoms with Crippen molar-refractivity contribution in [3.63, 3.8) is 0 Å². The highest BCUT2D eigenvalue weighted by molar-refractivity contribution is 7.99. The summed E-state index contributed by atoms with van der Waals surface area (Å²) < 4.78 is 0. The van der Waals surface area contributed by atoms with Gasteiger partial charge in [0.15, 0.2) is 0 Å². The van der Waals surface area contributed by atoms with Gasteiger partial charge in [-0.15, -0.1) is 11.8 Å². The molecule has 2 aromatic carbocycles. The lowest BCUT2D eigenvalue weighted by Crippen LogP contribution is -2.46. The van der Waals surface area contributed by atoms with Crippen molar-refractivity contribution in [2.45, 2.75) is 36.7 Å². The molecule has 1 aliphatic rings. The van der Waals surface area contributed by atoms with Crippen LogP contribution in [0.2, 0.25) is 0 Å². The molecular formula is C20H23NO2S. The summed E-state index contributed by atoms with van der Waals surface area (Å²) in [6.45, 7) is 2.35. The lowest BCUT2D eigenvalue weighted by atomic mass is 9.80. The molecule has 2 N–H and O–H groups in total. The average Bonchev–Trinajstić information content (AvgIpc) is 2.60. The first-order valence-electron chi connectivity index (χ1n) is 8.40. The Morgan fingerprint density at radius 3 is 2.67 bits per heavy atom. The highest BCUT2D eigenvalue weighted by atomic mass is 32.2. The number of carbonyl (C=O) groups excluding carboxylic acids is 1. The highest BCUT2D eigenvalue weighted by Gasteiger charge is 2.32. The quantitative estimate of drug-likeness (QED) is 0.819. The lowest BCUT2D eigenvalue weighted by molar-refractivity contribution is 0.0259. The molecule has 0 heterocycles. The van der Waals surface area contributed by atoms with Crippen molar-refractivity contribution in [3.8, 4) is 0 Å². The Labute approximate surface area is 147 Å². The molecule has 3 nitrogen and oxygen atoms in total. The molecule has 1 unspecified atom stereocenters. The molecule has 24 heavy (non-hydrogen) atoms. The molecule has 0 saturated heterocycles. The van der Waals surface area contributed by atoms with Gasteiger partial charge in [0.1, 0.15) is 0 Å². The predicted molar refractivity (Wildman–Crippen MR) is 98.6 cm³/mol. The second kappa shape index (κ2) is 7.41. The van der Waals surface area contributed by atoms with Crippen molar-refractivity contribution in [2.24, 2.45) is 0 Å². The van der Waals surface area contributed by atoms with E-state index in [0.29, 0.717) is 18.4 Å². The lowest BCUT2D eigenvalue weighted by Gasteiger charge is -2.33. The van der Waals surface area contributed by atoms with Crippen molar-refractivity contribution < 1.29 is 9.90 Å². The van der Waals surface area contributed by atoms with Gasteiger partial charge in [-0.2, -0.15) is 0 Å². The topological polar surface area (TPSA) is 49.3 Å². The Morgan fingerprint density at radius 1 is 1.17 bits per heavy atom. The normalized spacial score (nSPS) is 19.6. The number of benzene rings is 2. The number of nitrogens with one attached hydrogen (secondary N) is 1. The number of rotatable bonds is 5. The second-order valence-corrected chi connectivity index (χ2v) is 7.59. The fourth-order valence-corrected chi connectivity index (χ4v) is 4.01. The van der Waals surface area contributed by atoms with Gasteiger partial charge < -0.3 is 10.4 Å². The maximum absolute atomic E-state index is 12.5. The number of aliphatic hydroxyl groups is 1. The largest absolute Gasteiger partial charge is 0.388 e. The van der Waals surface area contributed by atoms with Crippen LogP contribution in [-0.4, -0.2) is 28.9 Å². The Morgan fingerprint density at radius 2 is 1.88 bits per heavy atom. The van der Waals surface area contributed by atoms with Crippen LogP contribution in [0, 0.1) is 0 Å². The molecule has 126 valence electrons. The molecule has 0 radical (unpaired) electrons. The van der Waals surface area contributed by atoms with E-state index < -0.39 is 5.60 Å². The minimum absolute atomic E-state index is 0.112. The number of carbonyl (C=O) groups is 1. The molecule has 4 heteroatoms. The van der Waals surface area contributed by atoms with Crippen LogP contribution in [0.25, 0.3) is 0 Å². The minimum Gasteiger partial charge on any atom is -0.388 e. The summed E-state index contributed by atoms with van der Waals surface area (Å²) >= 11 is 1.66. The van der Waals surface area contributed by atoms with Gasteiger partial charge in [0.2, 0.25) is 0 Å². The fourth-order valence-electron chi connectivity index (χ4n) is 3.21. The summed E-state index contributed by atoms with van der Waals surface area (Å²) in [5.41, 5.74) is 2.31. The van der Waals surface area contributed by atoms with E-state index in [-0.39, 0.29) is 12.5 Å². The summed E-state index contributed by atoms with van der Waals surface area (Å²) in [5, 5.41) is 13.8. The van der Waals surface area contributed by atoms with Crippen molar-refractivity contribution in [1.29, 1.82) is 0 Å². The number of amides is 1. The molecule has 0 aliphatic heterocycles. The number of fused-ring (bicyclic) bond motifs is 1. The van der Waals surface area contributed by atoms with Crippen molar-refractivity contribution in [3.05, 3.63) is 65.2 Å². The Balaban J connectivity index is 1.67. The third-order valence-corrected chi connectivity index (χ3v) is 5.46. The van der Waals surface area contributed by atoms with Gasteiger partial charge in [0.05, 0.1) is 11.2 Å². The van der Waals surface area contributed by atoms with E-state index in [1.54, 1.807) is 11.8 Å². The Hall–Kier alpha value is -1.78. The van der Waals surface area contributed by atoms with Gasteiger partial charge in [0.25, 0.3) is 5.91 Å². The first-order chi connectivity index (χ1) is 11.6. The Kier molecular flexibility index (Phi) is 5.27. The van der Waals surface area contributed by atoms with E-state index in [0.717, 1.165) is 17.1 Å². The van der Waals surface area contributed by atoms with Crippen LogP contribution in [0.3, 0.4) is 0 Å². The fraction of sp³-hybridized carbons (Fsp3) is 0.350. The van der Waals surface area contributed by atoms with Crippen LogP contribution in [0.5, 0.6) is 0 Å². The molecule has 0 aromatic heterocycles. The van der Waals surface area contributed by atoms with E-state index in [1.807, 2.05) is 36.4 Å². The molecule has 0 bridgehead atoms. The van der Waals surface area contributed by atoms with Gasteiger partial charge in [0, 0.05) is 17.9 Å². The van der Waals surface area contributed by atoms with Crippen LogP contribution >= 0.6 is 11.8 Å². The summed E-state index contributed by atoms with van der Waals surface area (Å²) in [7, 11) is 0. The van der Waals surface area contributed by atoms with Gasteiger partial charge in [-0.3, -0.25) is 4.79 Å². The first kappa shape index (κ1) is 17.1. The van der Waals surface area contributed by atoms with Crippen molar-refractivity contribution >= 4 is 17.7 Å². The molecule has 0 saturated carbocycles. The maximum Gasteiger partial charge on any atom is 0.252 e. The molecule has 1 aliphatic carbocycles. The number of thioether (sulfide) groups is 1. The Bertz CT molecular complexity index is 731. The van der Waals surface area contributed by atoms with Gasteiger partial charge in [-0.25, -0.2) is 0 Å². The maximum atomic E-state index is 12.5. The molecule has 0 spiro atoms. The standard InChI is InChI=1S/C20H23NO2S/c1-2-24-18-10-6-5-9-17(18)19(22)21-14-20(23)12-11-15-7-3-4-8-16(15)13-20/h3-10,23H,2,11-14H2,1H3,(H,21,22). The van der Waals surface area contributed by atoms with Crippen LogP contribution in [0.4, 0.5) is 0 Å². The molecule has 3 rings (SSSR count). The summed E-state index contributed by atoms with van der Waals surface area (Å²) in [5.74, 6) is 0.809. The van der Waals surface area contributed by atoms with Crippen molar-refractivity contribution in [2.75, 3.05) is 12.3 Å². The smallest absolute Gasteiger partial charge is 0.252 e. The van der Waals surface area contributed by atoms with Gasteiger partial charge >= 0.3 is 0 Å². The molecule has 0 fully saturated rings. The number of hydrogen-bond donors (Lipinski definition) is 2. The average molecular weight is 341 g/mol. The summed E-state index contributed by atoms with van der Waals surface area (Å²) in [4.78, 5) is 13.5. The zero-order valence-corrected chi connectivity index (χ0v) is 14.7. The third-order valence-electron chi connectivity index (χ3n) is 4.51. The number of hydrogen-bond acceptors (Lipinski definition) is 3. The molecule has 1 atom stereocenters. The molecule has 2 aromatic rings. The third kappa shape index (κ3) is 3.82. The van der Waals surface area contributed by atoms with Crippen LogP contribution < -0.4 is 5.32 Å². The van der Waals surface area contributed by atoms with Crippen LogP contribution in [-0.2, 0) is 12.8 Å². The van der Waals surface area contributed by atoms with Gasteiger partial charge in [-0.1, -0.05) is 43.3 Å². The minimum atomic E-state index is -0.864. The van der Waals surface area contributed by atoms with E-state index in [2.05, 4.69) is 24.4 Å². The zero-order valence-electron chi connectivity index (χ0n) is 13.9. The van der Waals surface area contributed by atoms with E-state index in [1.165, 1.54) is 11.1 Å². The van der Waals surface area contributed by atoms with Gasteiger partial charge in [-0.05, 0) is 41.9 Å². The van der Waals surface area contributed by atoms with E-state index >= 15 is 0 Å². The highest BCUT2D eigenvalue weighted by Crippen LogP contribution is 2.28. The van der Waals surface area contributed by atoms with Crippen molar-refractivity contribution in [1.82, 2.24) is 5.32 Å². The van der Waals surface area contributed by atoms with Crippen LogP contribution in [0.1, 0.15) is 34.8 Å². The van der Waals surface area contributed by atoms with E-state index in [9.17, 15) is 9.90 Å². The second-order valence-electron chi connectivity index (χ2n) is 6.28. The van der Waals surface area contributed by atoms with Crippen LogP contribution in [0.15, 0.2) is 53.4 Å². The monoisotopic (exact) mass is 341 g/mol. The summed E-state index contributed by atoms with van der Waals surface area (Å²) in [6, 6.07) is 15.8. The summed E-state index contributed by atoms with van der Waals surface area (Å²) in [6.07, 6.45) is 2.12. The number of aryl methyl sites for hydroxylation is 1. The molecular weight excluding hydrogens is 318 g/mol.